The van der Waals surface area contributed by atoms with E-state index in [4.69, 9.17) is 5.73 Å². The Balaban J connectivity index is 1.87. The number of phenols is 1. The summed E-state index contributed by atoms with van der Waals surface area (Å²) in [6.45, 7) is 6.27. The Morgan fingerprint density at radius 3 is 2.15 bits per heavy atom. The third-order valence-corrected chi connectivity index (χ3v) is 6.39. The van der Waals surface area contributed by atoms with E-state index in [0.717, 1.165) is 28.3 Å². The number of aromatic nitrogens is 3. The van der Waals surface area contributed by atoms with Crippen LogP contribution >= 0.6 is 0 Å². The standard InChI is InChI=1S/C26H28N4O3/c1-16-24(26(33)30(28(16)4)20-8-6-5-7-9-20)22-17(2)29(18(3)23(22)25(27)32)15-14-19-10-12-21(31)13-11-19/h5-13,31H,14-15H2,1-4H3,(H2,27,32). The Labute approximate surface area is 192 Å². The van der Waals surface area contributed by atoms with Crippen LogP contribution in [0.15, 0.2) is 59.4 Å². The molecule has 0 aliphatic carbocycles. The number of hydrogen-bond acceptors (Lipinski definition) is 3. The van der Waals surface area contributed by atoms with Crippen molar-refractivity contribution in [1.82, 2.24) is 13.9 Å². The maximum Gasteiger partial charge on any atom is 0.279 e. The Kier molecular flexibility index (Phi) is 5.72. The van der Waals surface area contributed by atoms with Crippen LogP contribution in [0.3, 0.4) is 0 Å². The molecule has 4 rings (SSSR count). The second kappa shape index (κ2) is 8.50. The first-order chi connectivity index (χ1) is 15.7. The van der Waals surface area contributed by atoms with Crippen molar-refractivity contribution in [1.29, 1.82) is 0 Å². The van der Waals surface area contributed by atoms with Crippen molar-refractivity contribution in [2.75, 3.05) is 0 Å². The molecule has 4 aromatic rings. The molecule has 0 aliphatic heterocycles. The fourth-order valence-electron chi connectivity index (χ4n) is 4.59. The van der Waals surface area contributed by atoms with Gasteiger partial charge in [-0.15, -0.1) is 0 Å². The summed E-state index contributed by atoms with van der Waals surface area (Å²) in [4.78, 5) is 26.2. The lowest BCUT2D eigenvalue weighted by atomic mass is 10.0. The van der Waals surface area contributed by atoms with Gasteiger partial charge >= 0.3 is 0 Å². The fraction of sp³-hybridized carbons (Fsp3) is 0.231. The van der Waals surface area contributed by atoms with E-state index >= 15 is 0 Å². The Morgan fingerprint density at radius 2 is 1.55 bits per heavy atom. The summed E-state index contributed by atoms with van der Waals surface area (Å²) in [5.74, 6) is -0.331. The van der Waals surface area contributed by atoms with Gasteiger partial charge in [0.15, 0.2) is 0 Å². The lowest BCUT2D eigenvalue weighted by Crippen LogP contribution is -2.20. The van der Waals surface area contributed by atoms with Crippen molar-refractivity contribution in [2.45, 2.75) is 33.7 Å². The number of nitrogens with zero attached hydrogens (tertiary/aromatic N) is 3. The summed E-state index contributed by atoms with van der Waals surface area (Å²) >= 11 is 0. The van der Waals surface area contributed by atoms with Gasteiger partial charge in [-0.1, -0.05) is 30.3 Å². The van der Waals surface area contributed by atoms with Crippen LogP contribution in [0.25, 0.3) is 16.8 Å². The first-order valence-electron chi connectivity index (χ1n) is 10.8. The summed E-state index contributed by atoms with van der Waals surface area (Å²) < 4.78 is 5.46. The molecule has 0 bridgehead atoms. The number of carbonyl (C=O) groups excluding carboxylic acids is 1. The highest BCUT2D eigenvalue weighted by Gasteiger charge is 2.28. The number of rotatable bonds is 6. The minimum absolute atomic E-state index is 0.192. The van der Waals surface area contributed by atoms with Crippen molar-refractivity contribution in [3.8, 4) is 22.6 Å². The lowest BCUT2D eigenvalue weighted by Gasteiger charge is -2.10. The molecule has 0 saturated heterocycles. The Morgan fingerprint density at radius 1 is 0.909 bits per heavy atom. The molecule has 170 valence electrons. The van der Waals surface area contributed by atoms with Gasteiger partial charge in [-0.05, 0) is 57.0 Å². The number of aromatic hydroxyl groups is 1. The van der Waals surface area contributed by atoms with Crippen LogP contribution in [-0.4, -0.2) is 24.9 Å². The molecule has 0 aliphatic rings. The molecule has 0 fully saturated rings. The van der Waals surface area contributed by atoms with E-state index in [-0.39, 0.29) is 11.3 Å². The Hall–Kier alpha value is -4.00. The largest absolute Gasteiger partial charge is 0.508 e. The third-order valence-electron chi connectivity index (χ3n) is 6.39. The molecule has 2 aromatic heterocycles. The fourth-order valence-corrected chi connectivity index (χ4v) is 4.59. The van der Waals surface area contributed by atoms with Crippen molar-refractivity contribution in [3.05, 3.63) is 93.2 Å². The molecule has 0 spiro atoms. The van der Waals surface area contributed by atoms with E-state index in [1.807, 2.05) is 74.9 Å². The van der Waals surface area contributed by atoms with Crippen molar-refractivity contribution >= 4 is 5.91 Å². The molecule has 33 heavy (non-hydrogen) atoms. The zero-order valence-electron chi connectivity index (χ0n) is 19.3. The first kappa shape index (κ1) is 22.2. The number of carbonyl (C=O) groups is 1. The van der Waals surface area contributed by atoms with Crippen LogP contribution in [0.1, 0.15) is 33.0 Å². The summed E-state index contributed by atoms with van der Waals surface area (Å²) in [6.07, 6.45) is 0.705. The maximum absolute atomic E-state index is 13.6. The number of aryl methyl sites for hydroxylation is 1. The van der Waals surface area contributed by atoms with E-state index in [1.54, 1.807) is 21.5 Å². The molecule has 1 amide bonds. The predicted octanol–water partition coefficient (Wildman–Crippen LogP) is 3.62. The summed E-state index contributed by atoms with van der Waals surface area (Å²) in [5, 5.41) is 9.53. The molecule has 0 atom stereocenters. The van der Waals surface area contributed by atoms with Gasteiger partial charge in [0, 0.05) is 36.2 Å². The van der Waals surface area contributed by atoms with Crippen LogP contribution in [0, 0.1) is 20.8 Å². The SMILES string of the molecule is Cc1c(C(N)=O)c(-c2c(C)n(C)n(-c3ccccc3)c2=O)c(C)n1CCc1ccc(O)cc1. The molecule has 2 aromatic carbocycles. The molecular formula is C26H28N4O3. The van der Waals surface area contributed by atoms with Crippen LogP contribution in [0.5, 0.6) is 5.75 Å². The average molecular weight is 445 g/mol. The second-order valence-electron chi connectivity index (χ2n) is 8.29. The van der Waals surface area contributed by atoms with Crippen LogP contribution in [-0.2, 0) is 20.0 Å². The summed E-state index contributed by atoms with van der Waals surface area (Å²) in [6, 6.07) is 16.5. The van der Waals surface area contributed by atoms with Gasteiger partial charge in [0.25, 0.3) is 11.5 Å². The number of hydrogen-bond donors (Lipinski definition) is 2. The van der Waals surface area contributed by atoms with E-state index in [9.17, 15) is 14.7 Å². The predicted molar refractivity (Wildman–Crippen MR) is 129 cm³/mol. The van der Waals surface area contributed by atoms with Crippen molar-refractivity contribution in [2.24, 2.45) is 12.8 Å². The summed E-state index contributed by atoms with van der Waals surface area (Å²) in [7, 11) is 1.83. The minimum Gasteiger partial charge on any atom is -0.508 e. The highest BCUT2D eigenvalue weighted by molar-refractivity contribution is 6.02. The van der Waals surface area contributed by atoms with Gasteiger partial charge in [0.05, 0.1) is 16.8 Å². The molecule has 0 radical (unpaired) electrons. The van der Waals surface area contributed by atoms with Gasteiger partial charge in [-0.25, -0.2) is 4.68 Å². The van der Waals surface area contributed by atoms with Crippen molar-refractivity contribution < 1.29 is 9.90 Å². The van der Waals surface area contributed by atoms with E-state index < -0.39 is 5.91 Å². The van der Waals surface area contributed by atoms with Gasteiger partial charge < -0.3 is 15.4 Å². The molecule has 2 heterocycles. The Bertz CT molecular complexity index is 1390. The lowest BCUT2D eigenvalue weighted by molar-refractivity contribution is 0.1000. The van der Waals surface area contributed by atoms with Crippen LogP contribution < -0.4 is 11.3 Å². The van der Waals surface area contributed by atoms with E-state index in [1.165, 1.54) is 0 Å². The van der Waals surface area contributed by atoms with Gasteiger partial charge in [-0.2, -0.15) is 0 Å². The van der Waals surface area contributed by atoms with Crippen LogP contribution in [0.4, 0.5) is 0 Å². The number of primary amides is 1. The zero-order valence-corrected chi connectivity index (χ0v) is 19.3. The van der Waals surface area contributed by atoms with E-state index in [0.29, 0.717) is 29.7 Å². The van der Waals surface area contributed by atoms with Gasteiger partial charge in [-0.3, -0.25) is 14.3 Å². The van der Waals surface area contributed by atoms with Crippen LogP contribution in [0.2, 0.25) is 0 Å². The average Bonchev–Trinajstić information content (AvgIpc) is 3.16. The first-order valence-corrected chi connectivity index (χ1v) is 10.8. The number of nitrogens with two attached hydrogens (primary N) is 1. The number of phenolic OH excluding ortho intramolecular Hbond substituents is 1. The molecular weight excluding hydrogens is 416 g/mol. The molecule has 0 saturated carbocycles. The normalized spacial score (nSPS) is 11.2. The quantitative estimate of drug-likeness (QED) is 0.476. The third kappa shape index (κ3) is 3.75. The van der Waals surface area contributed by atoms with Gasteiger partial charge in [0.2, 0.25) is 0 Å². The number of amides is 1. The van der Waals surface area contributed by atoms with E-state index in [2.05, 4.69) is 0 Å². The number of para-hydroxylation sites is 1. The topological polar surface area (TPSA) is 95.2 Å². The molecule has 0 unspecified atom stereocenters. The van der Waals surface area contributed by atoms with Crippen molar-refractivity contribution in [3.63, 3.8) is 0 Å². The summed E-state index contributed by atoms with van der Waals surface area (Å²) in [5.41, 5.74) is 11.2. The maximum atomic E-state index is 13.6. The highest BCUT2D eigenvalue weighted by Crippen LogP contribution is 2.33. The smallest absolute Gasteiger partial charge is 0.279 e. The number of benzene rings is 2. The monoisotopic (exact) mass is 444 g/mol. The zero-order chi connectivity index (χ0) is 23.9. The highest BCUT2D eigenvalue weighted by atomic mass is 16.3. The second-order valence-corrected chi connectivity index (χ2v) is 8.29. The molecule has 7 nitrogen and oxygen atoms in total. The minimum atomic E-state index is -0.553. The molecule has 3 N–H and O–H groups in total. The molecule has 7 heteroatoms. The van der Waals surface area contributed by atoms with Gasteiger partial charge in [0.1, 0.15) is 5.75 Å².